The Hall–Kier alpha value is -3.43. The van der Waals surface area contributed by atoms with Gasteiger partial charge >= 0.3 is 0 Å². The predicted molar refractivity (Wildman–Crippen MR) is 151 cm³/mol. The Morgan fingerprint density at radius 1 is 0.974 bits per heavy atom. The number of aryl methyl sites for hydroxylation is 1. The highest BCUT2D eigenvalue weighted by atomic mass is 35.5. The van der Waals surface area contributed by atoms with Gasteiger partial charge in [0.2, 0.25) is 11.8 Å². The maximum Gasteiger partial charge on any atom is 0.264 e. The highest BCUT2D eigenvalue weighted by molar-refractivity contribution is 7.92. The van der Waals surface area contributed by atoms with Gasteiger partial charge in [-0.3, -0.25) is 13.9 Å². The third-order valence-corrected chi connectivity index (χ3v) is 8.12. The summed E-state index contributed by atoms with van der Waals surface area (Å²) in [6.07, 6.45) is 0. The van der Waals surface area contributed by atoms with E-state index in [0.29, 0.717) is 10.6 Å². The van der Waals surface area contributed by atoms with Crippen LogP contribution in [0.3, 0.4) is 0 Å². The number of carbonyl (C=O) groups is 2. The molecule has 1 atom stereocenters. The van der Waals surface area contributed by atoms with Gasteiger partial charge in [0.15, 0.2) is 0 Å². The SMILES string of the molecule is Cc1ccc(S(=O)(=O)N(CC(=O)N(Cc2ccccc2Cl)[C@H](C)C(=O)NC(C)(C)C)c2ccccc2F)cc1. The number of anilines is 1. The van der Waals surface area contributed by atoms with E-state index in [4.69, 9.17) is 11.6 Å². The molecular weight excluding hydrogens is 541 g/mol. The number of nitrogens with one attached hydrogen (secondary N) is 1. The summed E-state index contributed by atoms with van der Waals surface area (Å²) in [4.78, 5) is 28.1. The number of amides is 2. The molecule has 3 aromatic rings. The number of hydrogen-bond donors (Lipinski definition) is 1. The summed E-state index contributed by atoms with van der Waals surface area (Å²) in [5.41, 5.74) is 0.558. The van der Waals surface area contributed by atoms with E-state index in [2.05, 4.69) is 5.32 Å². The number of hydrogen-bond acceptors (Lipinski definition) is 4. The van der Waals surface area contributed by atoms with Crippen molar-refractivity contribution >= 4 is 39.1 Å². The Kier molecular flexibility index (Phi) is 9.40. The molecule has 0 radical (unpaired) electrons. The minimum atomic E-state index is -4.36. The second-order valence-corrected chi connectivity index (χ2v) is 12.6. The zero-order valence-electron chi connectivity index (χ0n) is 22.6. The molecule has 0 aromatic heterocycles. The van der Waals surface area contributed by atoms with Crippen LogP contribution in [0.2, 0.25) is 5.02 Å². The summed E-state index contributed by atoms with van der Waals surface area (Å²) < 4.78 is 43.2. The van der Waals surface area contributed by atoms with Crippen molar-refractivity contribution in [1.29, 1.82) is 0 Å². The van der Waals surface area contributed by atoms with Crippen molar-refractivity contribution in [3.8, 4) is 0 Å². The van der Waals surface area contributed by atoms with Gasteiger partial charge in [-0.25, -0.2) is 12.8 Å². The number of rotatable bonds is 9. The lowest BCUT2D eigenvalue weighted by molar-refractivity contribution is -0.140. The maximum atomic E-state index is 15.0. The van der Waals surface area contributed by atoms with E-state index >= 15 is 0 Å². The maximum absolute atomic E-state index is 15.0. The lowest BCUT2D eigenvalue weighted by atomic mass is 10.1. The van der Waals surface area contributed by atoms with Crippen molar-refractivity contribution in [2.45, 2.75) is 57.6 Å². The summed E-state index contributed by atoms with van der Waals surface area (Å²) >= 11 is 6.36. The molecule has 0 aliphatic rings. The number of halogens is 2. The molecule has 0 aliphatic carbocycles. The molecule has 0 bridgehead atoms. The summed E-state index contributed by atoms with van der Waals surface area (Å²) in [7, 11) is -4.36. The van der Waals surface area contributed by atoms with Crippen LogP contribution < -0.4 is 9.62 Å². The highest BCUT2D eigenvalue weighted by Gasteiger charge is 2.34. The van der Waals surface area contributed by atoms with E-state index in [-0.39, 0.29) is 17.1 Å². The molecule has 208 valence electrons. The Morgan fingerprint density at radius 2 is 1.56 bits per heavy atom. The smallest absolute Gasteiger partial charge is 0.264 e. The predicted octanol–water partition coefficient (Wildman–Crippen LogP) is 5.31. The molecule has 0 heterocycles. The Balaban J connectivity index is 2.06. The fourth-order valence-corrected chi connectivity index (χ4v) is 5.49. The quantitative estimate of drug-likeness (QED) is 0.376. The van der Waals surface area contributed by atoms with Gasteiger partial charge in [-0.1, -0.05) is 59.6 Å². The van der Waals surface area contributed by atoms with Crippen molar-refractivity contribution < 1.29 is 22.4 Å². The Labute approximate surface area is 234 Å². The van der Waals surface area contributed by atoms with Crippen molar-refractivity contribution in [3.63, 3.8) is 0 Å². The summed E-state index contributed by atoms with van der Waals surface area (Å²) in [6, 6.07) is 17.3. The molecule has 0 spiro atoms. The molecular formula is C29H33ClFN3O4S. The van der Waals surface area contributed by atoms with Gasteiger partial charge in [0.1, 0.15) is 18.4 Å². The van der Waals surface area contributed by atoms with Crippen LogP contribution in [0.25, 0.3) is 0 Å². The van der Waals surface area contributed by atoms with Crippen molar-refractivity contribution in [1.82, 2.24) is 10.2 Å². The van der Waals surface area contributed by atoms with E-state index in [1.54, 1.807) is 43.3 Å². The average Bonchev–Trinajstić information content (AvgIpc) is 2.86. The number of para-hydroxylation sites is 1. The second kappa shape index (κ2) is 12.2. The third kappa shape index (κ3) is 7.58. The van der Waals surface area contributed by atoms with Gasteiger partial charge in [-0.15, -0.1) is 0 Å². The van der Waals surface area contributed by atoms with Crippen LogP contribution in [0, 0.1) is 12.7 Å². The fourth-order valence-electron chi connectivity index (χ4n) is 3.87. The van der Waals surface area contributed by atoms with Crippen LogP contribution in [0.1, 0.15) is 38.8 Å². The van der Waals surface area contributed by atoms with Crippen LogP contribution in [0.15, 0.2) is 77.7 Å². The molecule has 3 aromatic carbocycles. The van der Waals surface area contributed by atoms with Crippen LogP contribution in [-0.4, -0.2) is 43.3 Å². The Morgan fingerprint density at radius 3 is 2.15 bits per heavy atom. The molecule has 1 N–H and O–H groups in total. The zero-order valence-corrected chi connectivity index (χ0v) is 24.2. The molecule has 39 heavy (non-hydrogen) atoms. The van der Waals surface area contributed by atoms with Crippen molar-refractivity contribution in [2.75, 3.05) is 10.8 Å². The van der Waals surface area contributed by atoms with Gasteiger partial charge in [-0.2, -0.15) is 0 Å². The molecule has 0 saturated heterocycles. The Bertz CT molecular complexity index is 1440. The second-order valence-electron chi connectivity index (χ2n) is 10.3. The molecule has 0 unspecified atom stereocenters. The lowest BCUT2D eigenvalue weighted by Crippen LogP contribution is -2.54. The monoisotopic (exact) mass is 573 g/mol. The van der Waals surface area contributed by atoms with Gasteiger partial charge in [0.25, 0.3) is 10.0 Å². The normalized spacial score (nSPS) is 12.5. The summed E-state index contributed by atoms with van der Waals surface area (Å²) in [6.45, 7) is 7.99. The minimum absolute atomic E-state index is 0.0626. The van der Waals surface area contributed by atoms with Gasteiger partial charge < -0.3 is 10.2 Å². The largest absolute Gasteiger partial charge is 0.350 e. The third-order valence-electron chi connectivity index (χ3n) is 5.97. The average molecular weight is 574 g/mol. The van der Waals surface area contributed by atoms with Crippen LogP contribution in [0.5, 0.6) is 0 Å². The molecule has 10 heteroatoms. The topological polar surface area (TPSA) is 86.8 Å². The first-order valence-electron chi connectivity index (χ1n) is 12.4. The lowest BCUT2D eigenvalue weighted by Gasteiger charge is -2.33. The van der Waals surface area contributed by atoms with Crippen LogP contribution in [-0.2, 0) is 26.2 Å². The molecule has 0 saturated carbocycles. The number of carbonyl (C=O) groups excluding carboxylic acids is 2. The standard InChI is InChI=1S/C29H33ClFN3O4S/c1-20-14-16-23(17-15-20)39(37,38)34(26-13-9-8-12-25(26)31)19-27(35)33(18-22-10-6-7-11-24(22)30)21(2)28(36)32-29(3,4)5/h6-17,21H,18-19H2,1-5H3,(H,32,36)/t21-/m1/s1. The van der Waals surface area contributed by atoms with Crippen LogP contribution in [0.4, 0.5) is 10.1 Å². The molecule has 2 amide bonds. The van der Waals surface area contributed by atoms with E-state index in [1.807, 2.05) is 27.7 Å². The summed E-state index contributed by atoms with van der Waals surface area (Å²) in [5, 5.41) is 3.24. The molecule has 0 aliphatic heterocycles. The van der Waals surface area contributed by atoms with Gasteiger partial charge in [0, 0.05) is 17.1 Å². The number of benzene rings is 3. The van der Waals surface area contributed by atoms with E-state index in [1.165, 1.54) is 35.2 Å². The van der Waals surface area contributed by atoms with Crippen molar-refractivity contribution in [2.24, 2.45) is 0 Å². The molecule has 7 nitrogen and oxygen atoms in total. The fraction of sp³-hybridized carbons (Fsp3) is 0.310. The van der Waals surface area contributed by atoms with E-state index < -0.39 is 45.8 Å². The van der Waals surface area contributed by atoms with E-state index in [0.717, 1.165) is 15.9 Å². The minimum Gasteiger partial charge on any atom is -0.350 e. The van der Waals surface area contributed by atoms with Gasteiger partial charge in [0.05, 0.1) is 10.6 Å². The summed E-state index contributed by atoms with van der Waals surface area (Å²) in [5.74, 6) is -1.94. The first-order valence-corrected chi connectivity index (χ1v) is 14.2. The first-order chi connectivity index (χ1) is 18.2. The molecule has 0 fully saturated rings. The van der Waals surface area contributed by atoms with E-state index in [9.17, 15) is 22.4 Å². The molecule has 3 rings (SSSR count). The van der Waals surface area contributed by atoms with Crippen LogP contribution >= 0.6 is 11.6 Å². The zero-order chi connectivity index (χ0) is 29.0. The van der Waals surface area contributed by atoms with Crippen molar-refractivity contribution in [3.05, 3.63) is 94.8 Å². The number of sulfonamides is 1. The highest BCUT2D eigenvalue weighted by Crippen LogP contribution is 2.27. The number of nitrogens with zero attached hydrogens (tertiary/aromatic N) is 2. The first kappa shape index (κ1) is 30.1. The van der Waals surface area contributed by atoms with Gasteiger partial charge in [-0.05, 0) is 70.5 Å².